The summed E-state index contributed by atoms with van der Waals surface area (Å²) in [5, 5.41) is 8.25. The van der Waals surface area contributed by atoms with Crippen molar-refractivity contribution in [2.45, 2.75) is 24.0 Å². The highest BCUT2D eigenvalue weighted by Crippen LogP contribution is 2.33. The first-order valence-corrected chi connectivity index (χ1v) is 14.9. The van der Waals surface area contributed by atoms with Crippen molar-refractivity contribution in [2.24, 2.45) is 0 Å². The Labute approximate surface area is 268 Å². The van der Waals surface area contributed by atoms with Gasteiger partial charge in [-0.15, -0.1) is 11.8 Å². The van der Waals surface area contributed by atoms with E-state index in [1.807, 2.05) is 6.92 Å². The van der Waals surface area contributed by atoms with Gasteiger partial charge in [0, 0.05) is 32.8 Å². The zero-order valence-corrected chi connectivity index (χ0v) is 26.2. The van der Waals surface area contributed by atoms with E-state index in [1.54, 1.807) is 73.7 Å². The maximum atomic E-state index is 14.6. The number of methoxy groups -OCH3 is 1. The molecule has 0 aliphatic rings. The lowest BCUT2D eigenvalue weighted by Crippen LogP contribution is -2.30. The summed E-state index contributed by atoms with van der Waals surface area (Å²) in [5.41, 5.74) is 1.72. The van der Waals surface area contributed by atoms with Gasteiger partial charge in [-0.1, -0.05) is 53.5 Å². The van der Waals surface area contributed by atoms with Crippen LogP contribution in [0.15, 0.2) is 95.5 Å². The van der Waals surface area contributed by atoms with Crippen LogP contribution in [0.4, 0.5) is 15.8 Å². The van der Waals surface area contributed by atoms with Crippen LogP contribution < -0.4 is 20.7 Å². The van der Waals surface area contributed by atoms with Crippen molar-refractivity contribution in [3.05, 3.63) is 123 Å². The number of carbonyl (C=O) groups excluding carboxylic acids is 3. The predicted molar refractivity (Wildman–Crippen MR) is 175 cm³/mol. The first-order valence-electron chi connectivity index (χ1n) is 13.3. The first kappa shape index (κ1) is 32.6. The minimum Gasteiger partial charge on any atom is -0.495 e. The summed E-state index contributed by atoms with van der Waals surface area (Å²) >= 11 is 13.6. The van der Waals surface area contributed by atoms with Gasteiger partial charge in [0.1, 0.15) is 17.3 Å². The van der Waals surface area contributed by atoms with Crippen LogP contribution in [0.1, 0.15) is 28.4 Å². The Morgan fingerprint density at radius 1 is 0.909 bits per heavy atom. The third-order valence-electron chi connectivity index (χ3n) is 6.33. The van der Waals surface area contributed by atoms with E-state index in [0.717, 1.165) is 5.56 Å². The zero-order chi connectivity index (χ0) is 31.8. The number of aryl methyl sites for hydroxylation is 1. The fourth-order valence-corrected chi connectivity index (χ4v) is 5.30. The lowest BCUT2D eigenvalue weighted by Gasteiger charge is -2.16. The van der Waals surface area contributed by atoms with E-state index in [0.29, 0.717) is 32.6 Å². The van der Waals surface area contributed by atoms with Gasteiger partial charge in [-0.3, -0.25) is 14.4 Å². The molecule has 0 aromatic heterocycles. The average Bonchev–Trinajstić information content (AvgIpc) is 3.00. The molecule has 0 saturated carbocycles. The van der Waals surface area contributed by atoms with Crippen molar-refractivity contribution in [1.82, 2.24) is 5.32 Å². The number of nitrogens with one attached hydrogen (secondary N) is 3. The zero-order valence-electron chi connectivity index (χ0n) is 23.9. The number of halogens is 3. The van der Waals surface area contributed by atoms with Crippen LogP contribution in [0.2, 0.25) is 10.0 Å². The number of benzene rings is 4. The highest BCUT2D eigenvalue weighted by atomic mass is 35.5. The molecule has 0 fully saturated rings. The van der Waals surface area contributed by atoms with Crippen molar-refractivity contribution in [3.63, 3.8) is 0 Å². The number of rotatable bonds is 10. The van der Waals surface area contributed by atoms with E-state index in [9.17, 15) is 18.8 Å². The third kappa shape index (κ3) is 8.41. The van der Waals surface area contributed by atoms with Crippen molar-refractivity contribution < 1.29 is 23.5 Å². The van der Waals surface area contributed by atoms with Gasteiger partial charge in [-0.2, -0.15) is 0 Å². The second kappa shape index (κ2) is 14.9. The van der Waals surface area contributed by atoms with Crippen LogP contribution in [-0.2, 0) is 9.59 Å². The molecule has 11 heteroatoms. The van der Waals surface area contributed by atoms with Gasteiger partial charge in [0.15, 0.2) is 0 Å². The fourth-order valence-electron chi connectivity index (χ4n) is 4.00. The van der Waals surface area contributed by atoms with Crippen LogP contribution >= 0.6 is 35.0 Å². The normalized spacial score (nSPS) is 11.8. The summed E-state index contributed by atoms with van der Waals surface area (Å²) in [6.07, 6.45) is 1.19. The van der Waals surface area contributed by atoms with Gasteiger partial charge in [0.2, 0.25) is 5.91 Å². The van der Waals surface area contributed by atoms with Crippen molar-refractivity contribution in [2.75, 3.05) is 17.7 Å². The first-order chi connectivity index (χ1) is 21.0. The Morgan fingerprint density at radius 2 is 1.64 bits per heavy atom. The van der Waals surface area contributed by atoms with Crippen molar-refractivity contribution in [3.8, 4) is 5.75 Å². The number of thioether (sulfide) groups is 1. The Kier molecular flexibility index (Phi) is 11.1. The molecule has 0 aliphatic carbocycles. The van der Waals surface area contributed by atoms with Crippen LogP contribution in [0.3, 0.4) is 0 Å². The van der Waals surface area contributed by atoms with Crippen LogP contribution in [0.5, 0.6) is 5.75 Å². The molecule has 0 aliphatic heterocycles. The van der Waals surface area contributed by atoms with E-state index < -0.39 is 22.9 Å². The Morgan fingerprint density at radius 3 is 2.34 bits per heavy atom. The van der Waals surface area contributed by atoms with Crippen LogP contribution in [0, 0.1) is 12.7 Å². The maximum Gasteiger partial charge on any atom is 0.272 e. The topological polar surface area (TPSA) is 96.5 Å². The fraction of sp³-hybridized carbons (Fsp3) is 0.121. The summed E-state index contributed by atoms with van der Waals surface area (Å²) in [6.45, 7) is 3.58. The third-order valence-corrected chi connectivity index (χ3v) is 8.16. The molecule has 0 bridgehead atoms. The largest absolute Gasteiger partial charge is 0.495 e. The highest BCUT2D eigenvalue weighted by molar-refractivity contribution is 8.00. The Bertz CT molecular complexity index is 1710. The second-order valence-electron chi connectivity index (χ2n) is 9.55. The minimum atomic E-state index is -0.702. The molecule has 0 radical (unpaired) electrons. The molecule has 4 aromatic carbocycles. The highest BCUT2D eigenvalue weighted by Gasteiger charge is 2.20. The molecule has 0 heterocycles. The molecule has 4 rings (SSSR count). The molecular formula is C33H28Cl2FN3O4S. The number of anilines is 2. The summed E-state index contributed by atoms with van der Waals surface area (Å²) in [5.74, 6) is -1.74. The predicted octanol–water partition coefficient (Wildman–Crippen LogP) is 7.98. The van der Waals surface area contributed by atoms with Gasteiger partial charge in [0.05, 0.1) is 23.1 Å². The van der Waals surface area contributed by atoms with E-state index in [1.165, 1.54) is 43.1 Å². The average molecular weight is 653 g/mol. The van der Waals surface area contributed by atoms with Crippen molar-refractivity contribution in [1.29, 1.82) is 0 Å². The summed E-state index contributed by atoms with van der Waals surface area (Å²) in [7, 11) is 1.49. The van der Waals surface area contributed by atoms with E-state index in [4.69, 9.17) is 27.9 Å². The van der Waals surface area contributed by atoms with Gasteiger partial charge in [-0.05, 0) is 74.0 Å². The van der Waals surface area contributed by atoms with E-state index >= 15 is 0 Å². The van der Waals surface area contributed by atoms with Gasteiger partial charge < -0.3 is 20.7 Å². The van der Waals surface area contributed by atoms with Gasteiger partial charge >= 0.3 is 0 Å². The molecular weight excluding hydrogens is 624 g/mol. The summed E-state index contributed by atoms with van der Waals surface area (Å²) in [4.78, 5) is 40.0. The smallest absolute Gasteiger partial charge is 0.272 e. The molecule has 4 aromatic rings. The molecule has 44 heavy (non-hydrogen) atoms. The lowest BCUT2D eigenvalue weighted by atomic mass is 10.1. The quantitative estimate of drug-likeness (QED) is 0.119. The van der Waals surface area contributed by atoms with Crippen LogP contribution in [-0.4, -0.2) is 30.1 Å². The summed E-state index contributed by atoms with van der Waals surface area (Å²) in [6, 6.07) is 22.6. The minimum absolute atomic E-state index is 0.0515. The lowest BCUT2D eigenvalue weighted by molar-refractivity contribution is -0.115. The number of carbonyl (C=O) groups is 3. The molecule has 226 valence electrons. The van der Waals surface area contributed by atoms with Gasteiger partial charge in [0.25, 0.3) is 11.8 Å². The Hall–Kier alpha value is -4.31. The van der Waals surface area contributed by atoms with E-state index in [2.05, 4.69) is 16.0 Å². The van der Waals surface area contributed by atoms with Crippen molar-refractivity contribution >= 4 is 70.1 Å². The molecule has 3 amide bonds. The summed E-state index contributed by atoms with van der Waals surface area (Å²) < 4.78 is 19.9. The molecule has 0 saturated heterocycles. The standard InChI is InChI=1S/C33H28Cl2FN3O4S/c1-19-15-28(30(43-3)18-26(19)35)38-31(40)20(2)44-23-12-7-11-22(16-23)37-33(42)29(17-24-25(34)13-8-14-27(24)36)39-32(41)21-9-5-4-6-10-21/h4-18,20H,1-3H3,(H,37,42)(H,38,40)(H,39,41)/b29-17+. The maximum absolute atomic E-state index is 14.6. The number of amides is 3. The molecule has 3 N–H and O–H groups in total. The molecule has 7 nitrogen and oxygen atoms in total. The number of hydrogen-bond donors (Lipinski definition) is 3. The van der Waals surface area contributed by atoms with Crippen LogP contribution in [0.25, 0.3) is 6.08 Å². The molecule has 0 spiro atoms. The molecule has 1 unspecified atom stereocenters. The van der Waals surface area contributed by atoms with Gasteiger partial charge in [-0.25, -0.2) is 4.39 Å². The van der Waals surface area contributed by atoms with E-state index in [-0.39, 0.29) is 22.2 Å². The second-order valence-corrected chi connectivity index (χ2v) is 11.8. The number of hydrogen-bond acceptors (Lipinski definition) is 5. The SMILES string of the molecule is COc1cc(Cl)c(C)cc1NC(=O)C(C)Sc1cccc(NC(=O)/C(=C\c2c(F)cccc2Cl)NC(=O)c2ccccc2)c1. The number of ether oxygens (including phenoxy) is 1. The molecule has 1 atom stereocenters. The Balaban J connectivity index is 1.51. The monoisotopic (exact) mass is 651 g/mol.